The molecule has 1 aromatic rings. The van der Waals surface area contributed by atoms with Gasteiger partial charge in [-0.3, -0.25) is 0 Å². The smallest absolute Gasteiger partial charge is 0.184 e. The minimum Gasteiger partial charge on any atom is -0.396 e. The maximum absolute atomic E-state index is 8.70. The third-order valence-corrected chi connectivity index (χ3v) is 2.76. The van der Waals surface area contributed by atoms with Gasteiger partial charge in [0.25, 0.3) is 0 Å². The predicted octanol–water partition coefficient (Wildman–Crippen LogP) is 2.26. The minimum absolute atomic E-state index is 0.178. The topological polar surface area (TPSA) is 38.7 Å². The summed E-state index contributed by atoms with van der Waals surface area (Å²) >= 11 is 0. The zero-order chi connectivity index (χ0) is 11.2. The first kappa shape index (κ1) is 11.6. The molecule has 1 aliphatic rings. The van der Waals surface area contributed by atoms with Gasteiger partial charge >= 0.3 is 0 Å². The van der Waals surface area contributed by atoms with E-state index < -0.39 is 0 Å². The van der Waals surface area contributed by atoms with Crippen LogP contribution in [0.2, 0.25) is 0 Å². The molecule has 16 heavy (non-hydrogen) atoms. The number of unbranched alkanes of at least 4 members (excludes halogenated alkanes) is 1. The van der Waals surface area contributed by atoms with Crippen LogP contribution in [0.1, 0.15) is 31.1 Å². The van der Waals surface area contributed by atoms with Gasteiger partial charge in [-0.1, -0.05) is 30.3 Å². The van der Waals surface area contributed by atoms with Crippen molar-refractivity contribution in [1.82, 2.24) is 0 Å². The summed E-state index contributed by atoms with van der Waals surface area (Å²) in [6, 6.07) is 9.99. The van der Waals surface area contributed by atoms with Crippen LogP contribution >= 0.6 is 0 Å². The van der Waals surface area contributed by atoms with Gasteiger partial charge in [0.1, 0.15) is 0 Å². The highest BCUT2D eigenvalue weighted by Crippen LogP contribution is 2.28. The second-order valence-corrected chi connectivity index (χ2v) is 4.05. The Hall–Kier alpha value is -0.900. The molecule has 3 heteroatoms. The molecular weight excluding hydrogens is 204 g/mol. The molecular formula is C13H18O3. The van der Waals surface area contributed by atoms with E-state index in [2.05, 4.69) is 0 Å². The highest BCUT2D eigenvalue weighted by Gasteiger charge is 2.26. The lowest BCUT2D eigenvalue weighted by Gasteiger charge is -2.11. The fourth-order valence-corrected chi connectivity index (χ4v) is 1.87. The molecule has 1 N–H and O–H groups in total. The summed E-state index contributed by atoms with van der Waals surface area (Å²) in [5.41, 5.74) is 1.08. The van der Waals surface area contributed by atoms with E-state index in [0.717, 1.165) is 24.8 Å². The van der Waals surface area contributed by atoms with Gasteiger partial charge in [-0.2, -0.15) is 0 Å². The summed E-state index contributed by atoms with van der Waals surface area (Å²) in [7, 11) is 0. The maximum atomic E-state index is 8.70. The molecule has 1 aliphatic heterocycles. The zero-order valence-corrected chi connectivity index (χ0v) is 9.34. The number of benzene rings is 1. The number of hydrogen-bond donors (Lipinski definition) is 1. The van der Waals surface area contributed by atoms with E-state index in [4.69, 9.17) is 14.6 Å². The average Bonchev–Trinajstić information content (AvgIpc) is 2.79. The zero-order valence-electron chi connectivity index (χ0n) is 9.34. The first-order chi connectivity index (χ1) is 7.90. The molecule has 0 aromatic heterocycles. The first-order valence-electron chi connectivity index (χ1n) is 5.83. The largest absolute Gasteiger partial charge is 0.396 e. The van der Waals surface area contributed by atoms with Gasteiger partial charge in [0.05, 0.1) is 12.7 Å². The fraction of sp³-hybridized carbons (Fsp3) is 0.538. The lowest BCUT2D eigenvalue weighted by atomic mass is 10.2. The quantitative estimate of drug-likeness (QED) is 0.777. The molecule has 1 saturated heterocycles. The molecule has 0 radical (unpaired) electrons. The summed E-state index contributed by atoms with van der Waals surface area (Å²) < 4.78 is 11.4. The number of ether oxygens (including phenoxy) is 2. The van der Waals surface area contributed by atoms with E-state index in [1.807, 2.05) is 30.3 Å². The SMILES string of the molecule is OCCCC[C@H]1CO[C@@H](c2ccccc2)O1. The van der Waals surface area contributed by atoms with Crippen molar-refractivity contribution in [2.24, 2.45) is 0 Å². The van der Waals surface area contributed by atoms with Gasteiger partial charge in [0.15, 0.2) is 6.29 Å². The summed E-state index contributed by atoms with van der Waals surface area (Å²) in [6.45, 7) is 0.917. The van der Waals surface area contributed by atoms with E-state index in [9.17, 15) is 0 Å². The van der Waals surface area contributed by atoms with Gasteiger partial charge in [-0.05, 0) is 19.3 Å². The standard InChI is InChI=1S/C13H18O3/c14-9-5-4-8-12-10-15-13(16-12)11-6-2-1-3-7-11/h1-3,6-7,12-14H,4-5,8-10H2/t12-,13+/m0/s1. The lowest BCUT2D eigenvalue weighted by molar-refractivity contribution is -0.0614. The van der Waals surface area contributed by atoms with Crippen LogP contribution in [0.15, 0.2) is 30.3 Å². The molecule has 3 nitrogen and oxygen atoms in total. The van der Waals surface area contributed by atoms with E-state index in [-0.39, 0.29) is 19.0 Å². The third-order valence-electron chi connectivity index (χ3n) is 2.76. The summed E-state index contributed by atoms with van der Waals surface area (Å²) in [6.07, 6.45) is 2.77. The Balaban J connectivity index is 1.79. The van der Waals surface area contributed by atoms with Gasteiger partial charge in [-0.25, -0.2) is 0 Å². The summed E-state index contributed by atoms with van der Waals surface area (Å²) in [5, 5.41) is 8.70. The molecule has 88 valence electrons. The van der Waals surface area contributed by atoms with Crippen LogP contribution in [0.4, 0.5) is 0 Å². The third kappa shape index (κ3) is 3.04. The van der Waals surface area contributed by atoms with Crippen LogP contribution in [0.3, 0.4) is 0 Å². The van der Waals surface area contributed by atoms with Crippen molar-refractivity contribution in [1.29, 1.82) is 0 Å². The Morgan fingerprint density at radius 1 is 1.19 bits per heavy atom. The molecule has 1 heterocycles. The normalized spacial score (nSPS) is 24.8. The molecule has 1 fully saturated rings. The minimum atomic E-state index is -0.208. The molecule has 0 aliphatic carbocycles. The summed E-state index contributed by atoms with van der Waals surface area (Å²) in [5.74, 6) is 0. The summed E-state index contributed by atoms with van der Waals surface area (Å²) in [4.78, 5) is 0. The molecule has 2 rings (SSSR count). The molecule has 0 saturated carbocycles. The fourth-order valence-electron chi connectivity index (χ4n) is 1.87. The number of hydrogen-bond acceptors (Lipinski definition) is 3. The van der Waals surface area contributed by atoms with Crippen molar-refractivity contribution >= 4 is 0 Å². The number of aliphatic hydroxyl groups excluding tert-OH is 1. The lowest BCUT2D eigenvalue weighted by Crippen LogP contribution is -2.09. The van der Waals surface area contributed by atoms with E-state index in [0.29, 0.717) is 6.61 Å². The van der Waals surface area contributed by atoms with Crippen molar-refractivity contribution in [3.8, 4) is 0 Å². The Morgan fingerprint density at radius 3 is 2.75 bits per heavy atom. The average molecular weight is 222 g/mol. The monoisotopic (exact) mass is 222 g/mol. The van der Waals surface area contributed by atoms with Crippen molar-refractivity contribution in [3.63, 3.8) is 0 Å². The molecule has 0 amide bonds. The highest BCUT2D eigenvalue weighted by molar-refractivity contribution is 5.16. The second kappa shape index (κ2) is 5.99. The van der Waals surface area contributed by atoms with E-state index in [1.165, 1.54) is 0 Å². The van der Waals surface area contributed by atoms with Crippen LogP contribution in [0, 0.1) is 0 Å². The van der Waals surface area contributed by atoms with Gasteiger partial charge in [-0.15, -0.1) is 0 Å². The van der Waals surface area contributed by atoms with Crippen LogP contribution < -0.4 is 0 Å². The second-order valence-electron chi connectivity index (χ2n) is 4.05. The Morgan fingerprint density at radius 2 is 2.00 bits per heavy atom. The van der Waals surface area contributed by atoms with E-state index in [1.54, 1.807) is 0 Å². The Labute approximate surface area is 96.0 Å². The molecule has 1 aromatic carbocycles. The Bertz CT molecular complexity index is 299. The molecule has 0 bridgehead atoms. The predicted molar refractivity (Wildman–Crippen MR) is 60.9 cm³/mol. The van der Waals surface area contributed by atoms with Crippen molar-refractivity contribution in [2.75, 3.05) is 13.2 Å². The van der Waals surface area contributed by atoms with Crippen molar-refractivity contribution < 1.29 is 14.6 Å². The van der Waals surface area contributed by atoms with Gasteiger partial charge in [0.2, 0.25) is 0 Å². The van der Waals surface area contributed by atoms with Crippen LogP contribution in [-0.2, 0) is 9.47 Å². The van der Waals surface area contributed by atoms with Gasteiger partial charge in [0, 0.05) is 12.2 Å². The maximum Gasteiger partial charge on any atom is 0.184 e. The van der Waals surface area contributed by atoms with Crippen molar-refractivity contribution in [3.05, 3.63) is 35.9 Å². The highest BCUT2D eigenvalue weighted by atomic mass is 16.7. The van der Waals surface area contributed by atoms with Crippen LogP contribution in [0.5, 0.6) is 0 Å². The molecule has 0 spiro atoms. The van der Waals surface area contributed by atoms with E-state index >= 15 is 0 Å². The number of aliphatic hydroxyl groups is 1. The Kier molecular flexibility index (Phi) is 4.34. The first-order valence-corrected chi connectivity index (χ1v) is 5.83. The molecule has 2 atom stereocenters. The van der Waals surface area contributed by atoms with Crippen LogP contribution in [-0.4, -0.2) is 24.4 Å². The molecule has 0 unspecified atom stereocenters. The number of rotatable bonds is 5. The van der Waals surface area contributed by atoms with Crippen LogP contribution in [0.25, 0.3) is 0 Å². The van der Waals surface area contributed by atoms with Gasteiger partial charge < -0.3 is 14.6 Å². The van der Waals surface area contributed by atoms with Crippen molar-refractivity contribution in [2.45, 2.75) is 31.7 Å².